The summed E-state index contributed by atoms with van der Waals surface area (Å²) >= 11 is 3.48. The minimum absolute atomic E-state index is 0.187. The van der Waals surface area contributed by atoms with E-state index in [-0.39, 0.29) is 17.5 Å². The fraction of sp³-hybridized carbons (Fsp3) is 0.429. The van der Waals surface area contributed by atoms with Gasteiger partial charge in [0.05, 0.1) is 0 Å². The van der Waals surface area contributed by atoms with E-state index in [0.717, 1.165) is 45.4 Å². The Bertz CT molecular complexity index is 773. The number of rotatable bonds is 1. The molecule has 1 heterocycles. The van der Waals surface area contributed by atoms with E-state index in [2.05, 4.69) is 35.1 Å². The molecule has 1 aromatic rings. The van der Waals surface area contributed by atoms with E-state index in [1.54, 1.807) is 0 Å². The Morgan fingerprint density at radius 2 is 1.32 bits per heavy atom. The van der Waals surface area contributed by atoms with Crippen LogP contribution in [0.5, 0.6) is 0 Å². The minimum atomic E-state index is -0.209. The normalized spacial score (nSPS) is 29.3. The summed E-state index contributed by atoms with van der Waals surface area (Å²) in [5.74, 6) is 0.866. The van der Waals surface area contributed by atoms with Gasteiger partial charge in [0.2, 0.25) is 0 Å². The fourth-order valence-electron chi connectivity index (χ4n) is 4.47. The molecule has 2 atom stereocenters. The van der Waals surface area contributed by atoms with Gasteiger partial charge in [0.15, 0.2) is 11.6 Å². The van der Waals surface area contributed by atoms with Crippen molar-refractivity contribution in [2.75, 3.05) is 0 Å². The topological polar surface area (TPSA) is 46.2 Å². The molecular weight excluding hydrogens is 378 g/mol. The van der Waals surface area contributed by atoms with Crippen LogP contribution in [0.2, 0.25) is 0 Å². The highest BCUT2D eigenvalue weighted by atomic mass is 79.9. The van der Waals surface area contributed by atoms with Crippen LogP contribution in [0, 0.1) is 11.8 Å². The molecule has 0 aromatic heterocycles. The van der Waals surface area contributed by atoms with Crippen molar-refractivity contribution in [1.82, 2.24) is 5.32 Å². The van der Waals surface area contributed by atoms with Crippen molar-refractivity contribution in [1.29, 1.82) is 0 Å². The number of nitrogens with one attached hydrogen (secondary N) is 1. The average molecular weight is 400 g/mol. The zero-order valence-electron chi connectivity index (χ0n) is 14.6. The van der Waals surface area contributed by atoms with E-state index in [1.807, 2.05) is 24.3 Å². The van der Waals surface area contributed by atoms with Gasteiger partial charge in [-0.15, -0.1) is 0 Å². The maximum absolute atomic E-state index is 12.9. The molecule has 2 unspecified atom stereocenters. The Morgan fingerprint density at radius 1 is 0.840 bits per heavy atom. The summed E-state index contributed by atoms with van der Waals surface area (Å²) in [7, 11) is 0. The summed E-state index contributed by atoms with van der Waals surface area (Å²) in [6, 6.07) is 8.05. The van der Waals surface area contributed by atoms with Gasteiger partial charge in [0.25, 0.3) is 0 Å². The van der Waals surface area contributed by atoms with Gasteiger partial charge < -0.3 is 5.32 Å². The minimum Gasteiger partial charge on any atom is -0.362 e. The van der Waals surface area contributed by atoms with Crippen molar-refractivity contribution in [3.05, 3.63) is 56.8 Å². The van der Waals surface area contributed by atoms with Crippen molar-refractivity contribution < 1.29 is 9.59 Å². The molecule has 0 saturated carbocycles. The lowest BCUT2D eigenvalue weighted by Gasteiger charge is -2.39. The summed E-state index contributed by atoms with van der Waals surface area (Å²) in [5.41, 5.74) is 4.76. The van der Waals surface area contributed by atoms with Crippen LogP contribution < -0.4 is 5.32 Å². The molecule has 4 heteroatoms. The van der Waals surface area contributed by atoms with Crippen molar-refractivity contribution >= 4 is 27.5 Å². The van der Waals surface area contributed by atoms with Crippen LogP contribution in [0.1, 0.15) is 51.0 Å². The maximum atomic E-state index is 12.9. The van der Waals surface area contributed by atoms with E-state index in [0.29, 0.717) is 24.7 Å². The average Bonchev–Trinajstić information content (AvgIpc) is 2.53. The molecule has 130 valence electrons. The lowest BCUT2D eigenvalue weighted by molar-refractivity contribution is -0.117. The van der Waals surface area contributed by atoms with Crippen LogP contribution in [0.4, 0.5) is 0 Å². The monoisotopic (exact) mass is 399 g/mol. The van der Waals surface area contributed by atoms with Gasteiger partial charge in [0.1, 0.15) is 0 Å². The highest BCUT2D eigenvalue weighted by molar-refractivity contribution is 9.10. The smallest absolute Gasteiger partial charge is 0.161 e. The quantitative estimate of drug-likeness (QED) is 0.747. The number of hydrogen-bond acceptors (Lipinski definition) is 3. The molecule has 2 aliphatic carbocycles. The van der Waals surface area contributed by atoms with Gasteiger partial charge in [-0.3, -0.25) is 9.59 Å². The predicted molar refractivity (Wildman–Crippen MR) is 101 cm³/mol. The summed E-state index contributed by atoms with van der Waals surface area (Å²) in [6.45, 7) is 4.24. The van der Waals surface area contributed by atoms with Crippen LogP contribution in [-0.4, -0.2) is 11.6 Å². The highest BCUT2D eigenvalue weighted by Crippen LogP contribution is 2.46. The van der Waals surface area contributed by atoms with Gasteiger partial charge in [-0.1, -0.05) is 41.9 Å². The lowest BCUT2D eigenvalue weighted by atomic mass is 9.69. The number of carbonyl (C=O) groups is 2. The third kappa shape index (κ3) is 2.91. The Morgan fingerprint density at radius 3 is 1.80 bits per heavy atom. The number of allylic oxidation sites excluding steroid dienone is 4. The number of hydrogen-bond donors (Lipinski definition) is 1. The Labute approximate surface area is 156 Å². The summed E-state index contributed by atoms with van der Waals surface area (Å²) in [5, 5.41) is 3.50. The Kier molecular flexibility index (Phi) is 4.19. The zero-order chi connectivity index (χ0) is 17.7. The van der Waals surface area contributed by atoms with Crippen LogP contribution in [-0.2, 0) is 9.59 Å². The summed E-state index contributed by atoms with van der Waals surface area (Å²) < 4.78 is 1.00. The third-order valence-corrected chi connectivity index (χ3v) is 6.04. The van der Waals surface area contributed by atoms with Crippen molar-refractivity contribution in [2.24, 2.45) is 11.8 Å². The molecule has 3 aliphatic rings. The molecule has 0 radical (unpaired) electrons. The predicted octanol–water partition coefficient (Wildman–Crippen LogP) is 4.64. The summed E-state index contributed by atoms with van der Waals surface area (Å²) in [4.78, 5) is 25.8. The first-order valence-electron chi connectivity index (χ1n) is 8.99. The van der Waals surface area contributed by atoms with Crippen LogP contribution in [0.3, 0.4) is 0 Å². The summed E-state index contributed by atoms with van der Waals surface area (Å²) in [6.07, 6.45) is 2.91. The lowest BCUT2D eigenvalue weighted by Crippen LogP contribution is -2.38. The molecule has 4 rings (SSSR count). The number of ketones is 2. The molecule has 0 spiro atoms. The van der Waals surface area contributed by atoms with Gasteiger partial charge in [-0.25, -0.2) is 0 Å². The third-order valence-electron chi connectivity index (χ3n) is 5.51. The van der Waals surface area contributed by atoms with E-state index in [9.17, 15) is 9.59 Å². The van der Waals surface area contributed by atoms with Gasteiger partial charge >= 0.3 is 0 Å². The first-order valence-corrected chi connectivity index (χ1v) is 9.78. The molecular formula is C21H22BrNO2. The molecule has 1 aromatic carbocycles. The molecule has 0 fully saturated rings. The number of carbonyl (C=O) groups excluding carboxylic acids is 2. The van der Waals surface area contributed by atoms with Crippen LogP contribution >= 0.6 is 15.9 Å². The Balaban J connectivity index is 1.89. The van der Waals surface area contributed by atoms with E-state index in [4.69, 9.17) is 0 Å². The first-order chi connectivity index (χ1) is 11.9. The number of halogens is 1. The van der Waals surface area contributed by atoms with Crippen LogP contribution in [0.15, 0.2) is 51.3 Å². The number of Topliss-reactive ketones (excluding diaryl/α,β-unsaturated/α-hetero) is 2. The zero-order valence-corrected chi connectivity index (χ0v) is 16.2. The van der Waals surface area contributed by atoms with E-state index in [1.165, 1.54) is 0 Å². The molecule has 0 amide bonds. The first kappa shape index (κ1) is 16.8. The second kappa shape index (κ2) is 6.24. The number of dihydropyridines is 1. The molecule has 3 nitrogen and oxygen atoms in total. The molecule has 25 heavy (non-hydrogen) atoms. The second-order valence-corrected chi connectivity index (χ2v) is 8.68. The van der Waals surface area contributed by atoms with Gasteiger partial charge in [-0.05, 0) is 42.4 Å². The maximum Gasteiger partial charge on any atom is 0.161 e. The van der Waals surface area contributed by atoms with E-state index < -0.39 is 0 Å². The largest absolute Gasteiger partial charge is 0.362 e. The SMILES string of the molecule is CC1CC(=O)C2=C(C1)NC1=C(C(=O)CC(C)C1)C2c1ccc(Br)cc1. The highest BCUT2D eigenvalue weighted by Gasteiger charge is 2.42. The standard InChI is InChI=1S/C21H22BrNO2/c1-11-7-15-20(17(24)9-11)19(13-3-5-14(22)6-4-13)21-16(23-15)8-12(2)10-18(21)25/h3-6,11-12,19,23H,7-10H2,1-2H3. The molecule has 0 bridgehead atoms. The molecule has 1 aliphatic heterocycles. The number of benzene rings is 1. The molecule has 1 N–H and O–H groups in total. The Hall–Kier alpha value is -1.68. The van der Waals surface area contributed by atoms with E-state index >= 15 is 0 Å². The van der Waals surface area contributed by atoms with Crippen molar-refractivity contribution in [3.63, 3.8) is 0 Å². The van der Waals surface area contributed by atoms with Crippen molar-refractivity contribution in [3.8, 4) is 0 Å². The van der Waals surface area contributed by atoms with Gasteiger partial charge in [-0.2, -0.15) is 0 Å². The fourth-order valence-corrected chi connectivity index (χ4v) is 4.74. The molecule has 0 saturated heterocycles. The van der Waals surface area contributed by atoms with Crippen molar-refractivity contribution in [2.45, 2.75) is 45.4 Å². The van der Waals surface area contributed by atoms with Gasteiger partial charge in [0, 0.05) is 45.8 Å². The van der Waals surface area contributed by atoms with Crippen LogP contribution in [0.25, 0.3) is 0 Å². The second-order valence-electron chi connectivity index (χ2n) is 7.77.